The van der Waals surface area contributed by atoms with Crippen LogP contribution in [-0.4, -0.2) is 19.5 Å². The lowest BCUT2D eigenvalue weighted by atomic mass is 10.1. The highest BCUT2D eigenvalue weighted by molar-refractivity contribution is 4.52. The van der Waals surface area contributed by atoms with Gasteiger partial charge in [-0.05, 0) is 31.6 Å². The minimum absolute atomic E-state index is 0.0275. The van der Waals surface area contributed by atoms with Gasteiger partial charge in [-0.1, -0.05) is 79.1 Å². The molecule has 0 aromatic rings. The Morgan fingerprint density at radius 3 is 1.45 bits per heavy atom. The summed E-state index contributed by atoms with van der Waals surface area (Å²) in [5, 5.41) is 0. The number of ether oxygens (including phenoxy) is 2. The van der Waals surface area contributed by atoms with E-state index in [0.29, 0.717) is 0 Å². The van der Waals surface area contributed by atoms with Crippen molar-refractivity contribution in [3.63, 3.8) is 0 Å². The van der Waals surface area contributed by atoms with E-state index in [1.807, 2.05) is 0 Å². The molecule has 0 aromatic carbocycles. The smallest absolute Gasteiger partial charge is 0.157 e. The lowest BCUT2D eigenvalue weighted by Crippen LogP contribution is -2.19. The lowest BCUT2D eigenvalue weighted by molar-refractivity contribution is -0.148. The molecule has 2 heteroatoms. The van der Waals surface area contributed by atoms with E-state index in [9.17, 15) is 0 Å². The second kappa shape index (κ2) is 17.3. The quantitative estimate of drug-likeness (QED) is 0.219. The molecule has 0 spiro atoms. The molecule has 0 N–H and O–H groups in total. The number of rotatable bonds is 17. The van der Waals surface area contributed by atoms with Crippen molar-refractivity contribution in [3.05, 3.63) is 0 Å². The molecule has 0 aromatic heterocycles. The van der Waals surface area contributed by atoms with E-state index in [4.69, 9.17) is 9.47 Å². The topological polar surface area (TPSA) is 18.5 Å². The normalized spacial score (nSPS) is 11.7. The summed E-state index contributed by atoms with van der Waals surface area (Å²) < 4.78 is 12.0. The molecule has 2 nitrogen and oxygen atoms in total. The fraction of sp³-hybridized carbons (Fsp3) is 1.00. The third-order valence-electron chi connectivity index (χ3n) is 4.08. The fourth-order valence-electron chi connectivity index (χ4n) is 2.52. The largest absolute Gasteiger partial charge is 0.353 e. The van der Waals surface area contributed by atoms with E-state index < -0.39 is 0 Å². The zero-order valence-corrected chi connectivity index (χ0v) is 15.9. The third kappa shape index (κ3) is 16.3. The minimum Gasteiger partial charge on any atom is -0.353 e. The van der Waals surface area contributed by atoms with E-state index in [1.54, 1.807) is 0 Å². The molecule has 0 radical (unpaired) electrons. The summed E-state index contributed by atoms with van der Waals surface area (Å²) >= 11 is 0. The fourth-order valence-corrected chi connectivity index (χ4v) is 2.52. The summed E-state index contributed by atoms with van der Waals surface area (Å²) in [6, 6.07) is 0. The summed E-state index contributed by atoms with van der Waals surface area (Å²) in [5.41, 5.74) is 0. The molecule has 0 saturated heterocycles. The van der Waals surface area contributed by atoms with Crippen molar-refractivity contribution in [2.45, 2.75) is 111 Å². The van der Waals surface area contributed by atoms with Crippen LogP contribution in [0.2, 0.25) is 0 Å². The van der Waals surface area contributed by atoms with Gasteiger partial charge in [0.1, 0.15) is 0 Å². The molecule has 0 atom stereocenters. The van der Waals surface area contributed by atoms with Crippen LogP contribution in [0.3, 0.4) is 0 Å². The summed E-state index contributed by atoms with van der Waals surface area (Å²) in [6.07, 6.45) is 15.2. The first-order valence-corrected chi connectivity index (χ1v) is 9.93. The maximum absolute atomic E-state index is 5.98. The maximum atomic E-state index is 5.98. The predicted octanol–water partition coefficient (Wildman–Crippen LogP) is 6.72. The van der Waals surface area contributed by atoms with Crippen LogP contribution in [0.4, 0.5) is 0 Å². The van der Waals surface area contributed by atoms with Gasteiger partial charge in [0.2, 0.25) is 0 Å². The van der Waals surface area contributed by atoms with E-state index in [0.717, 1.165) is 25.6 Å². The van der Waals surface area contributed by atoms with Gasteiger partial charge in [0.15, 0.2) is 6.29 Å². The standard InChI is InChI=1S/C20H42O2/c1-5-7-9-11-13-17-21-20(16-15-19(3)4)22-18-14-12-10-8-6-2/h19-20H,5-18H2,1-4H3. The van der Waals surface area contributed by atoms with Gasteiger partial charge >= 0.3 is 0 Å². The molecule has 134 valence electrons. The van der Waals surface area contributed by atoms with Crippen molar-refractivity contribution in [2.24, 2.45) is 5.92 Å². The Bertz CT molecular complexity index is 188. The van der Waals surface area contributed by atoms with E-state index in [-0.39, 0.29) is 6.29 Å². The van der Waals surface area contributed by atoms with Crippen molar-refractivity contribution in [3.8, 4) is 0 Å². The number of hydrogen-bond donors (Lipinski definition) is 0. The van der Waals surface area contributed by atoms with Crippen molar-refractivity contribution >= 4 is 0 Å². The SMILES string of the molecule is CCCCCCCOC(CCC(C)C)OCCCCCCC. The zero-order chi connectivity index (χ0) is 16.5. The second-order valence-corrected chi connectivity index (χ2v) is 6.97. The maximum Gasteiger partial charge on any atom is 0.157 e. The van der Waals surface area contributed by atoms with Crippen LogP contribution in [0.1, 0.15) is 105 Å². The van der Waals surface area contributed by atoms with Crippen molar-refractivity contribution < 1.29 is 9.47 Å². The monoisotopic (exact) mass is 314 g/mol. The molecule has 0 rings (SSSR count). The Morgan fingerprint density at radius 2 is 1.05 bits per heavy atom. The molecule has 22 heavy (non-hydrogen) atoms. The van der Waals surface area contributed by atoms with E-state index in [1.165, 1.54) is 70.6 Å². The molecule has 0 aliphatic carbocycles. The predicted molar refractivity (Wildman–Crippen MR) is 97.3 cm³/mol. The Kier molecular flexibility index (Phi) is 17.2. The van der Waals surface area contributed by atoms with Gasteiger partial charge in [0, 0.05) is 13.2 Å². The first kappa shape index (κ1) is 21.9. The van der Waals surface area contributed by atoms with Crippen LogP contribution >= 0.6 is 0 Å². The first-order chi connectivity index (χ1) is 10.7. The van der Waals surface area contributed by atoms with Gasteiger partial charge in [0.05, 0.1) is 0 Å². The van der Waals surface area contributed by atoms with Crippen molar-refractivity contribution in [2.75, 3.05) is 13.2 Å². The molecule has 0 saturated carbocycles. The molecule has 0 aliphatic rings. The Balaban J connectivity index is 3.70. The Labute approximate surface area is 140 Å². The molecule has 0 heterocycles. The van der Waals surface area contributed by atoms with Crippen LogP contribution in [0, 0.1) is 5.92 Å². The van der Waals surface area contributed by atoms with Crippen molar-refractivity contribution in [1.29, 1.82) is 0 Å². The average molecular weight is 315 g/mol. The van der Waals surface area contributed by atoms with Gasteiger partial charge in [-0.25, -0.2) is 0 Å². The highest BCUT2D eigenvalue weighted by Crippen LogP contribution is 2.13. The first-order valence-electron chi connectivity index (χ1n) is 9.93. The summed E-state index contributed by atoms with van der Waals surface area (Å²) in [7, 11) is 0. The zero-order valence-electron chi connectivity index (χ0n) is 15.9. The highest BCUT2D eigenvalue weighted by atomic mass is 16.7. The minimum atomic E-state index is 0.0275. The second-order valence-electron chi connectivity index (χ2n) is 6.97. The van der Waals surface area contributed by atoms with Crippen molar-refractivity contribution in [1.82, 2.24) is 0 Å². The van der Waals surface area contributed by atoms with E-state index in [2.05, 4.69) is 27.7 Å². The van der Waals surface area contributed by atoms with Gasteiger partial charge in [0.25, 0.3) is 0 Å². The summed E-state index contributed by atoms with van der Waals surface area (Å²) in [5.74, 6) is 0.726. The summed E-state index contributed by atoms with van der Waals surface area (Å²) in [4.78, 5) is 0. The van der Waals surface area contributed by atoms with Gasteiger partial charge < -0.3 is 9.47 Å². The molecule has 0 amide bonds. The molecule has 0 unspecified atom stereocenters. The van der Waals surface area contributed by atoms with Crippen LogP contribution in [0.5, 0.6) is 0 Å². The Hall–Kier alpha value is -0.0800. The molecule has 0 bridgehead atoms. The highest BCUT2D eigenvalue weighted by Gasteiger charge is 2.10. The molecule has 0 fully saturated rings. The lowest BCUT2D eigenvalue weighted by Gasteiger charge is -2.19. The molecular weight excluding hydrogens is 272 g/mol. The van der Waals surface area contributed by atoms with Crippen LogP contribution in [0.15, 0.2) is 0 Å². The third-order valence-corrected chi connectivity index (χ3v) is 4.08. The van der Waals surface area contributed by atoms with Crippen LogP contribution in [-0.2, 0) is 9.47 Å². The average Bonchev–Trinajstić information content (AvgIpc) is 2.50. The van der Waals surface area contributed by atoms with Gasteiger partial charge in [-0.2, -0.15) is 0 Å². The Morgan fingerprint density at radius 1 is 0.591 bits per heavy atom. The summed E-state index contributed by atoms with van der Waals surface area (Å²) in [6.45, 7) is 10.8. The number of unbranched alkanes of at least 4 members (excludes halogenated alkanes) is 8. The molecule has 0 aliphatic heterocycles. The van der Waals surface area contributed by atoms with Crippen LogP contribution in [0.25, 0.3) is 0 Å². The number of hydrogen-bond acceptors (Lipinski definition) is 2. The molecular formula is C20H42O2. The van der Waals surface area contributed by atoms with Crippen LogP contribution < -0.4 is 0 Å². The van der Waals surface area contributed by atoms with Gasteiger partial charge in [-0.3, -0.25) is 0 Å². The van der Waals surface area contributed by atoms with Gasteiger partial charge in [-0.15, -0.1) is 0 Å². The van der Waals surface area contributed by atoms with E-state index >= 15 is 0 Å².